The molecule has 0 bridgehead atoms. The minimum absolute atomic E-state index is 0.0495. The summed E-state index contributed by atoms with van der Waals surface area (Å²) < 4.78 is 61.6. The Kier molecular flexibility index (Phi) is 6.45. The number of rotatable bonds is 8. The number of ketones is 1. The van der Waals surface area contributed by atoms with Crippen LogP contribution < -0.4 is 0 Å². The average Bonchev–Trinajstić information content (AvgIpc) is 2.54. The van der Waals surface area contributed by atoms with Crippen LogP contribution in [0.25, 0.3) is 0 Å². The first-order chi connectivity index (χ1) is 11.5. The van der Waals surface area contributed by atoms with Crippen molar-refractivity contribution in [3.05, 3.63) is 70.8 Å². The SMILES string of the molecule is O=C(COCc1ccc(F)c(F)c1)COCc1ccc(F)c(F)c1. The highest BCUT2D eigenvalue weighted by atomic mass is 19.2. The quantitative estimate of drug-likeness (QED) is 0.689. The largest absolute Gasteiger partial charge is 0.369 e. The van der Waals surface area contributed by atoms with Gasteiger partial charge in [-0.05, 0) is 35.4 Å². The molecule has 0 aliphatic heterocycles. The zero-order valence-electron chi connectivity index (χ0n) is 12.5. The molecule has 0 atom stereocenters. The van der Waals surface area contributed by atoms with E-state index in [1.165, 1.54) is 12.1 Å². The van der Waals surface area contributed by atoms with E-state index < -0.39 is 23.3 Å². The van der Waals surface area contributed by atoms with Crippen molar-refractivity contribution in [2.75, 3.05) is 13.2 Å². The van der Waals surface area contributed by atoms with Crippen LogP contribution in [0.1, 0.15) is 11.1 Å². The van der Waals surface area contributed by atoms with E-state index >= 15 is 0 Å². The Morgan fingerprint density at radius 1 is 0.708 bits per heavy atom. The number of ether oxygens (including phenoxy) is 2. The van der Waals surface area contributed by atoms with E-state index in [1.54, 1.807) is 0 Å². The molecule has 0 unspecified atom stereocenters. The molecular weight excluding hydrogens is 328 g/mol. The summed E-state index contributed by atoms with van der Waals surface area (Å²) in [5.41, 5.74) is 0.786. The Hall–Kier alpha value is -2.25. The summed E-state index contributed by atoms with van der Waals surface area (Å²) in [5.74, 6) is -4.27. The number of hydrogen-bond acceptors (Lipinski definition) is 3. The predicted octanol–water partition coefficient (Wildman–Crippen LogP) is 3.55. The Morgan fingerprint density at radius 3 is 1.50 bits per heavy atom. The summed E-state index contributed by atoms with van der Waals surface area (Å²) >= 11 is 0. The average molecular weight is 342 g/mol. The summed E-state index contributed by atoms with van der Waals surface area (Å²) in [6.07, 6.45) is 0. The summed E-state index contributed by atoms with van der Waals surface area (Å²) in [4.78, 5) is 11.5. The lowest BCUT2D eigenvalue weighted by molar-refractivity contribution is -0.129. The van der Waals surface area contributed by atoms with Crippen molar-refractivity contribution < 1.29 is 31.8 Å². The number of halogens is 4. The molecule has 0 saturated carbocycles. The lowest BCUT2D eigenvalue weighted by atomic mass is 10.2. The second kappa shape index (κ2) is 8.56. The molecule has 7 heteroatoms. The van der Waals surface area contributed by atoms with Gasteiger partial charge in [0.2, 0.25) is 0 Å². The Balaban J connectivity index is 1.67. The zero-order valence-corrected chi connectivity index (χ0v) is 12.5. The second-order valence-corrected chi connectivity index (χ2v) is 5.02. The van der Waals surface area contributed by atoms with E-state index in [0.29, 0.717) is 11.1 Å². The zero-order chi connectivity index (χ0) is 17.5. The van der Waals surface area contributed by atoms with Gasteiger partial charge >= 0.3 is 0 Å². The normalized spacial score (nSPS) is 10.8. The fourth-order valence-corrected chi connectivity index (χ4v) is 1.87. The van der Waals surface area contributed by atoms with Crippen molar-refractivity contribution >= 4 is 5.78 Å². The van der Waals surface area contributed by atoms with Crippen molar-refractivity contribution in [2.45, 2.75) is 13.2 Å². The van der Waals surface area contributed by atoms with Gasteiger partial charge in [-0.2, -0.15) is 0 Å². The molecule has 2 rings (SSSR count). The van der Waals surface area contributed by atoms with Gasteiger partial charge in [0.25, 0.3) is 0 Å². The highest BCUT2D eigenvalue weighted by molar-refractivity contribution is 5.80. The second-order valence-electron chi connectivity index (χ2n) is 5.02. The molecule has 0 heterocycles. The van der Waals surface area contributed by atoms with Gasteiger partial charge in [0.05, 0.1) is 13.2 Å². The third-order valence-electron chi connectivity index (χ3n) is 3.03. The highest BCUT2D eigenvalue weighted by Gasteiger charge is 2.07. The van der Waals surface area contributed by atoms with Gasteiger partial charge < -0.3 is 9.47 Å². The third-order valence-corrected chi connectivity index (χ3v) is 3.03. The van der Waals surface area contributed by atoms with Crippen LogP contribution in [0.15, 0.2) is 36.4 Å². The number of carbonyl (C=O) groups excluding carboxylic acids is 1. The topological polar surface area (TPSA) is 35.5 Å². The molecule has 2 aromatic rings. The van der Waals surface area contributed by atoms with E-state index in [2.05, 4.69) is 0 Å². The fraction of sp³-hybridized carbons (Fsp3) is 0.235. The summed E-state index contributed by atoms with van der Waals surface area (Å²) in [6.45, 7) is -0.633. The molecule has 0 spiro atoms. The standard InChI is InChI=1S/C17H14F4O3/c18-14-3-1-11(5-16(14)20)7-23-9-13(22)10-24-8-12-2-4-15(19)17(21)6-12/h1-6H,7-10H2. The van der Waals surface area contributed by atoms with Crippen molar-refractivity contribution in [1.29, 1.82) is 0 Å². The first-order valence-electron chi connectivity index (χ1n) is 7.01. The van der Waals surface area contributed by atoms with Crippen LogP contribution in [0, 0.1) is 23.3 Å². The van der Waals surface area contributed by atoms with Crippen molar-refractivity contribution in [2.24, 2.45) is 0 Å². The summed E-state index contributed by atoms with van der Waals surface area (Å²) in [7, 11) is 0. The van der Waals surface area contributed by atoms with Crippen LogP contribution in [0.2, 0.25) is 0 Å². The first kappa shape index (κ1) is 18.1. The lowest BCUT2D eigenvalue weighted by Gasteiger charge is -2.06. The van der Waals surface area contributed by atoms with Crippen LogP contribution in [-0.2, 0) is 27.5 Å². The highest BCUT2D eigenvalue weighted by Crippen LogP contribution is 2.10. The maximum atomic E-state index is 13.0. The number of carbonyl (C=O) groups is 1. The van der Waals surface area contributed by atoms with E-state index in [-0.39, 0.29) is 32.2 Å². The molecule has 0 aliphatic carbocycles. The molecule has 24 heavy (non-hydrogen) atoms. The Labute approximate surface area is 135 Å². The predicted molar refractivity (Wildman–Crippen MR) is 77.0 cm³/mol. The maximum absolute atomic E-state index is 13.0. The van der Waals surface area contributed by atoms with Crippen LogP contribution in [0.5, 0.6) is 0 Å². The number of benzene rings is 2. The Morgan fingerprint density at radius 2 is 1.12 bits per heavy atom. The number of hydrogen-bond donors (Lipinski definition) is 0. The number of Topliss-reactive ketones (excluding diaryl/α,β-unsaturated/α-hetero) is 1. The molecule has 0 N–H and O–H groups in total. The van der Waals surface area contributed by atoms with Crippen LogP contribution in [0.4, 0.5) is 17.6 Å². The summed E-state index contributed by atoms with van der Waals surface area (Å²) in [6, 6.07) is 6.62. The molecule has 0 aromatic heterocycles. The Bertz CT molecular complexity index is 659. The summed E-state index contributed by atoms with van der Waals surface area (Å²) in [5, 5.41) is 0. The maximum Gasteiger partial charge on any atom is 0.184 e. The van der Waals surface area contributed by atoms with Crippen LogP contribution >= 0.6 is 0 Å². The van der Waals surface area contributed by atoms with Crippen molar-refractivity contribution in [3.63, 3.8) is 0 Å². The van der Waals surface area contributed by atoms with E-state index in [9.17, 15) is 22.4 Å². The smallest absolute Gasteiger partial charge is 0.184 e. The minimum atomic E-state index is -0.989. The van der Waals surface area contributed by atoms with Gasteiger partial charge in [0.15, 0.2) is 29.1 Å². The van der Waals surface area contributed by atoms with Crippen molar-refractivity contribution in [1.82, 2.24) is 0 Å². The molecule has 2 aromatic carbocycles. The molecule has 0 fully saturated rings. The third kappa shape index (κ3) is 5.43. The van der Waals surface area contributed by atoms with E-state index in [0.717, 1.165) is 24.3 Å². The molecule has 128 valence electrons. The lowest BCUT2D eigenvalue weighted by Crippen LogP contribution is -2.15. The van der Waals surface area contributed by atoms with E-state index in [1.807, 2.05) is 0 Å². The van der Waals surface area contributed by atoms with Crippen LogP contribution in [-0.4, -0.2) is 19.0 Å². The van der Waals surface area contributed by atoms with Gasteiger partial charge in [-0.15, -0.1) is 0 Å². The van der Waals surface area contributed by atoms with Gasteiger partial charge in [0, 0.05) is 0 Å². The molecule has 0 saturated heterocycles. The van der Waals surface area contributed by atoms with Gasteiger partial charge in [-0.1, -0.05) is 12.1 Å². The first-order valence-corrected chi connectivity index (χ1v) is 7.01. The van der Waals surface area contributed by atoms with Gasteiger partial charge in [0.1, 0.15) is 13.2 Å². The molecule has 0 amide bonds. The van der Waals surface area contributed by atoms with Crippen LogP contribution in [0.3, 0.4) is 0 Å². The van der Waals surface area contributed by atoms with Gasteiger partial charge in [-0.25, -0.2) is 17.6 Å². The van der Waals surface area contributed by atoms with Crippen molar-refractivity contribution in [3.8, 4) is 0 Å². The molecular formula is C17H14F4O3. The minimum Gasteiger partial charge on any atom is -0.369 e. The molecule has 3 nitrogen and oxygen atoms in total. The monoisotopic (exact) mass is 342 g/mol. The molecule has 0 aliphatic rings. The van der Waals surface area contributed by atoms with Gasteiger partial charge in [-0.3, -0.25) is 4.79 Å². The molecule has 0 radical (unpaired) electrons. The van der Waals surface area contributed by atoms with E-state index in [4.69, 9.17) is 9.47 Å². The fourth-order valence-electron chi connectivity index (χ4n) is 1.87.